The zero-order chi connectivity index (χ0) is 30.9. The summed E-state index contributed by atoms with van der Waals surface area (Å²) in [7, 11) is 8.98. The number of unbranched alkanes of at least 4 members (excludes halogenated alkanes) is 18. The van der Waals surface area contributed by atoms with Gasteiger partial charge in [0.15, 0.2) is 5.78 Å². The van der Waals surface area contributed by atoms with Gasteiger partial charge in [-0.3, -0.25) is 9.59 Å². The Hall–Kier alpha value is -1.47. The second-order valence-corrected chi connectivity index (χ2v) is 11.9. The van der Waals surface area contributed by atoms with Gasteiger partial charge in [0.2, 0.25) is 0 Å². The molecule has 3 N–H and O–H groups in total. The van der Waals surface area contributed by atoms with Gasteiger partial charge >= 0.3 is 5.97 Å². The number of hydrogen-bond donors (Lipinski definition) is 3. The van der Waals surface area contributed by atoms with Crippen LogP contribution in [0, 0.1) is 0 Å². The molecule has 0 aromatic heterocycles. The second kappa shape index (κ2) is 35.6. The normalized spacial score (nSPS) is 10.6. The lowest BCUT2D eigenvalue weighted by atomic mass is 10.1. The maximum absolute atomic E-state index is 10.1. The summed E-state index contributed by atoms with van der Waals surface area (Å²) in [6.45, 7) is 7.26. The highest BCUT2D eigenvalue weighted by molar-refractivity contribution is 6.31. The third kappa shape index (κ3) is 46.4. The van der Waals surface area contributed by atoms with Crippen molar-refractivity contribution in [3.63, 3.8) is 0 Å². The van der Waals surface area contributed by atoms with Gasteiger partial charge < -0.3 is 24.8 Å². The number of hydrogen-bond acceptors (Lipinski definition) is 4. The van der Waals surface area contributed by atoms with Crippen LogP contribution in [0.15, 0.2) is 0 Å². The summed E-state index contributed by atoms with van der Waals surface area (Å²) in [5.74, 6) is -4.21. The number of quaternary nitrogens is 2. The molecule has 240 valence electrons. The van der Waals surface area contributed by atoms with E-state index in [9.17, 15) is 19.5 Å². The van der Waals surface area contributed by atoms with Crippen molar-refractivity contribution in [2.75, 3.05) is 41.3 Å². The predicted octanol–water partition coefficient (Wildman–Crippen LogP) is 4.27. The lowest BCUT2D eigenvalue weighted by Gasteiger charge is -2.06. The number of carbonyl (C=O) groups excluding carboxylic acids is 2. The summed E-state index contributed by atoms with van der Waals surface area (Å²) in [4.78, 5) is 32.7. The maximum atomic E-state index is 10.1. The molecule has 0 spiro atoms. The molecule has 0 fully saturated rings. The van der Waals surface area contributed by atoms with Crippen molar-refractivity contribution < 1.29 is 34.4 Å². The fraction of sp³-hybridized carbons (Fsp3) is 0.909. The van der Waals surface area contributed by atoms with E-state index in [1.165, 1.54) is 142 Å². The second-order valence-electron chi connectivity index (χ2n) is 11.9. The number of aliphatic carboxylic acids is 2. The molecule has 0 aromatic rings. The molecule has 0 amide bonds. The van der Waals surface area contributed by atoms with Crippen molar-refractivity contribution in [1.29, 1.82) is 0 Å². The van der Waals surface area contributed by atoms with Crippen LogP contribution >= 0.6 is 0 Å². The van der Waals surface area contributed by atoms with Crippen LogP contribution in [-0.2, 0) is 14.4 Å². The van der Waals surface area contributed by atoms with Gasteiger partial charge in [-0.1, -0.05) is 117 Å². The fourth-order valence-corrected chi connectivity index (χ4v) is 4.25. The first kappa shape index (κ1) is 43.0. The Bertz CT molecular complexity index is 525. The smallest absolute Gasteiger partial charge is 0.303 e. The molecule has 0 bridgehead atoms. The minimum atomic E-state index is -1.83. The van der Waals surface area contributed by atoms with E-state index in [0.29, 0.717) is 0 Å². The minimum absolute atomic E-state index is 0.465. The molecule has 0 aromatic carbocycles. The Morgan fingerprint density at radius 3 is 1.00 bits per heavy atom. The van der Waals surface area contributed by atoms with Gasteiger partial charge in [0.1, 0.15) is 5.97 Å². The number of carboxylic acids is 2. The molecule has 0 atom stereocenters. The van der Waals surface area contributed by atoms with Crippen molar-refractivity contribution in [3.8, 4) is 0 Å². The average molecular weight is 574 g/mol. The van der Waals surface area contributed by atoms with Gasteiger partial charge in [-0.05, 0) is 25.7 Å². The zero-order valence-corrected chi connectivity index (χ0v) is 27.6. The number of nitrogens with one attached hydrogen (secondary N) is 2. The molecule has 0 aliphatic rings. The zero-order valence-electron chi connectivity index (χ0n) is 27.6. The number of rotatable bonds is 26. The first-order chi connectivity index (χ1) is 19.1. The van der Waals surface area contributed by atoms with Crippen molar-refractivity contribution >= 4 is 17.7 Å². The lowest BCUT2D eigenvalue weighted by Crippen LogP contribution is -3.05. The van der Waals surface area contributed by atoms with Crippen molar-refractivity contribution in [3.05, 3.63) is 0 Å². The van der Waals surface area contributed by atoms with E-state index in [2.05, 4.69) is 42.0 Å². The van der Waals surface area contributed by atoms with E-state index in [-0.39, 0.29) is 0 Å². The summed E-state index contributed by atoms with van der Waals surface area (Å²) in [6.07, 6.45) is 27.9. The van der Waals surface area contributed by atoms with Crippen molar-refractivity contribution in [2.45, 2.75) is 155 Å². The summed E-state index contributed by atoms with van der Waals surface area (Å²) < 4.78 is 0. The molecular weight excluding hydrogens is 504 g/mol. The van der Waals surface area contributed by atoms with E-state index >= 15 is 0 Å². The van der Waals surface area contributed by atoms with Crippen LogP contribution in [0.25, 0.3) is 0 Å². The highest BCUT2D eigenvalue weighted by atomic mass is 16.4. The molecule has 0 saturated carbocycles. The molecule has 0 rings (SSSR count). The molecule has 7 nitrogen and oxygen atoms in total. The highest BCUT2D eigenvalue weighted by Gasteiger charge is 2.05. The Morgan fingerprint density at radius 2 is 0.775 bits per heavy atom. The fourth-order valence-electron chi connectivity index (χ4n) is 4.25. The predicted molar refractivity (Wildman–Crippen MR) is 166 cm³/mol. The van der Waals surface area contributed by atoms with Gasteiger partial charge in [-0.15, -0.1) is 0 Å². The minimum Gasteiger partial charge on any atom is -0.542 e. The first-order valence-electron chi connectivity index (χ1n) is 16.6. The van der Waals surface area contributed by atoms with Crippen LogP contribution in [-0.4, -0.2) is 64.1 Å². The van der Waals surface area contributed by atoms with Gasteiger partial charge in [0.05, 0.1) is 47.7 Å². The van der Waals surface area contributed by atoms with Crippen LogP contribution in [0.3, 0.4) is 0 Å². The quantitative estimate of drug-likeness (QED) is 0.106. The molecule has 40 heavy (non-hydrogen) atoms. The molecule has 0 saturated heterocycles. The molecule has 0 unspecified atom stereocenters. The summed E-state index contributed by atoms with van der Waals surface area (Å²) in [5, 5.41) is 17.6. The van der Waals surface area contributed by atoms with Crippen LogP contribution in [0.5, 0.6) is 0 Å². The monoisotopic (exact) mass is 574 g/mol. The van der Waals surface area contributed by atoms with Gasteiger partial charge in [0.25, 0.3) is 0 Å². The molecule has 0 radical (unpaired) electrons. The Labute approximate surface area is 248 Å². The number of carbonyl (C=O) groups is 3. The SMILES string of the molecule is CCCCCCCCCCCC[NH+](C)C.CCCCCCCCCCCC[NH+](C)C.O=C(O)CCC(=O)C(=O)[O-]. The Kier molecular flexibility index (Phi) is 38.2. The summed E-state index contributed by atoms with van der Waals surface area (Å²) >= 11 is 0. The van der Waals surface area contributed by atoms with E-state index in [1.807, 2.05) is 0 Å². The highest BCUT2D eigenvalue weighted by Crippen LogP contribution is 2.11. The van der Waals surface area contributed by atoms with E-state index in [4.69, 9.17) is 5.11 Å². The maximum Gasteiger partial charge on any atom is 0.303 e. The van der Waals surface area contributed by atoms with Gasteiger partial charge in [-0.2, -0.15) is 0 Å². The van der Waals surface area contributed by atoms with Crippen LogP contribution in [0.1, 0.15) is 155 Å². The standard InChI is InChI=1S/2C14H31N.C5H6O5/c2*1-4-5-6-7-8-9-10-11-12-13-14-15(2)3;6-3(5(9)10)1-2-4(7)8/h2*4-14H2,1-3H3;1-2H2,(H,7,8)(H,9,10)/p+1. The van der Waals surface area contributed by atoms with Crippen LogP contribution < -0.4 is 14.9 Å². The first-order valence-corrected chi connectivity index (χ1v) is 16.6. The topological polar surface area (TPSA) is 103 Å². The Morgan fingerprint density at radius 1 is 0.500 bits per heavy atom. The summed E-state index contributed by atoms with van der Waals surface area (Å²) in [5.41, 5.74) is 0. The molecule has 0 aliphatic carbocycles. The largest absolute Gasteiger partial charge is 0.542 e. The Balaban J connectivity index is -0.000000525. The molecule has 7 heteroatoms. The number of Topliss-reactive ketones (excluding diaryl/α,β-unsaturated/α-hetero) is 1. The van der Waals surface area contributed by atoms with E-state index in [1.54, 1.807) is 9.80 Å². The lowest BCUT2D eigenvalue weighted by molar-refractivity contribution is -0.858. The van der Waals surface area contributed by atoms with Crippen LogP contribution in [0.2, 0.25) is 0 Å². The molecule has 0 aliphatic heterocycles. The third-order valence-corrected chi connectivity index (χ3v) is 6.85. The van der Waals surface area contributed by atoms with Crippen molar-refractivity contribution in [1.82, 2.24) is 0 Å². The number of carboxylic acid groups (broad SMARTS) is 2. The molecular formula is C33H69N2O5+. The van der Waals surface area contributed by atoms with Crippen LogP contribution in [0.4, 0.5) is 0 Å². The molecule has 0 heterocycles. The van der Waals surface area contributed by atoms with E-state index in [0.717, 1.165) is 0 Å². The van der Waals surface area contributed by atoms with E-state index < -0.39 is 30.6 Å². The third-order valence-electron chi connectivity index (χ3n) is 6.85. The van der Waals surface area contributed by atoms with Crippen molar-refractivity contribution in [2.24, 2.45) is 0 Å². The van der Waals surface area contributed by atoms with Gasteiger partial charge in [0, 0.05) is 6.42 Å². The van der Waals surface area contributed by atoms with Gasteiger partial charge in [-0.25, -0.2) is 0 Å². The number of ketones is 1. The summed E-state index contributed by atoms with van der Waals surface area (Å²) in [6, 6.07) is 0. The average Bonchev–Trinajstić information content (AvgIpc) is 2.89.